The first-order valence-electron chi connectivity index (χ1n) is 9.27. The van der Waals surface area contributed by atoms with Gasteiger partial charge in [-0.05, 0) is 54.5 Å². The van der Waals surface area contributed by atoms with Crippen LogP contribution in [-0.4, -0.2) is 38.9 Å². The van der Waals surface area contributed by atoms with Gasteiger partial charge in [0, 0.05) is 5.56 Å². The average Bonchev–Trinajstić information content (AvgIpc) is 3.18. The Morgan fingerprint density at radius 2 is 1.96 bits per heavy atom. The zero-order valence-electron chi connectivity index (χ0n) is 15.8. The lowest BCUT2D eigenvalue weighted by Gasteiger charge is -2.26. The highest BCUT2D eigenvalue weighted by Crippen LogP contribution is 2.27. The third-order valence-corrected chi connectivity index (χ3v) is 4.61. The van der Waals surface area contributed by atoms with Crippen molar-refractivity contribution in [3.05, 3.63) is 54.1 Å². The maximum absolute atomic E-state index is 12.6. The Kier molecular flexibility index (Phi) is 4.92. The van der Waals surface area contributed by atoms with Crippen LogP contribution in [-0.2, 0) is 6.42 Å². The van der Waals surface area contributed by atoms with E-state index in [0.717, 1.165) is 23.3 Å². The molecule has 2 amide bonds. The van der Waals surface area contributed by atoms with Crippen molar-refractivity contribution >= 4 is 11.7 Å². The minimum absolute atomic E-state index is 0.0944. The molecule has 2 aromatic carbocycles. The van der Waals surface area contributed by atoms with Crippen LogP contribution in [0.15, 0.2) is 48.5 Å². The third kappa shape index (κ3) is 3.66. The highest BCUT2D eigenvalue weighted by Gasteiger charge is 2.22. The highest BCUT2D eigenvalue weighted by atomic mass is 16.5. The van der Waals surface area contributed by atoms with Gasteiger partial charge in [-0.3, -0.25) is 0 Å². The topological polar surface area (TPSA) is 94.0 Å². The van der Waals surface area contributed by atoms with Crippen LogP contribution in [0.25, 0.3) is 11.4 Å². The summed E-state index contributed by atoms with van der Waals surface area (Å²) in [4.78, 5) is 12.6. The maximum Gasteiger partial charge on any atom is 0.319 e. The summed E-state index contributed by atoms with van der Waals surface area (Å²) in [6.45, 7) is 4.45. The van der Waals surface area contributed by atoms with E-state index in [-0.39, 0.29) is 18.1 Å². The molecule has 1 aliphatic heterocycles. The van der Waals surface area contributed by atoms with Crippen molar-refractivity contribution in [1.82, 2.24) is 25.5 Å². The zero-order valence-corrected chi connectivity index (χ0v) is 15.8. The number of nitrogens with zero attached hydrogens (tertiary/aromatic N) is 4. The van der Waals surface area contributed by atoms with Gasteiger partial charge >= 0.3 is 6.03 Å². The Balaban J connectivity index is 1.48. The number of carbonyl (C=O) groups is 1. The van der Waals surface area contributed by atoms with Crippen LogP contribution < -0.4 is 15.4 Å². The van der Waals surface area contributed by atoms with Crippen molar-refractivity contribution in [1.29, 1.82) is 0 Å². The summed E-state index contributed by atoms with van der Waals surface area (Å²) in [7, 11) is 0. The SMILES string of the molecule is CC(C)n1nnnc1-c1ccccc1NC(=O)N[C@@H]1COc2ccccc2C1. The van der Waals surface area contributed by atoms with E-state index in [4.69, 9.17) is 4.74 Å². The van der Waals surface area contributed by atoms with Crippen LogP contribution in [0.1, 0.15) is 25.5 Å². The van der Waals surface area contributed by atoms with E-state index in [0.29, 0.717) is 18.1 Å². The molecule has 0 radical (unpaired) electrons. The van der Waals surface area contributed by atoms with E-state index < -0.39 is 0 Å². The summed E-state index contributed by atoms with van der Waals surface area (Å²) in [6, 6.07) is 15.1. The Hall–Kier alpha value is -3.42. The molecule has 2 heterocycles. The molecule has 8 heteroatoms. The molecule has 4 rings (SSSR count). The summed E-state index contributed by atoms with van der Waals surface area (Å²) in [5.41, 5.74) is 2.51. The minimum atomic E-state index is -0.288. The molecule has 0 unspecified atom stereocenters. The quantitative estimate of drug-likeness (QED) is 0.728. The van der Waals surface area contributed by atoms with Crippen molar-refractivity contribution in [3.8, 4) is 17.1 Å². The fourth-order valence-electron chi connectivity index (χ4n) is 3.27. The van der Waals surface area contributed by atoms with Gasteiger partial charge in [0.05, 0.1) is 17.8 Å². The van der Waals surface area contributed by atoms with Crippen LogP contribution >= 0.6 is 0 Å². The fraction of sp³-hybridized carbons (Fsp3) is 0.300. The lowest BCUT2D eigenvalue weighted by molar-refractivity contribution is 0.222. The number of para-hydroxylation sites is 2. The zero-order chi connectivity index (χ0) is 19.5. The first-order chi connectivity index (χ1) is 13.6. The second kappa shape index (κ2) is 7.67. The number of anilines is 1. The number of ether oxygens (including phenoxy) is 1. The number of rotatable bonds is 4. The highest BCUT2D eigenvalue weighted by molar-refractivity contribution is 5.93. The predicted octanol–water partition coefficient (Wildman–Crippen LogP) is 3.05. The molecular weight excluding hydrogens is 356 g/mol. The van der Waals surface area contributed by atoms with Crippen LogP contribution in [0.4, 0.5) is 10.5 Å². The van der Waals surface area contributed by atoms with E-state index in [9.17, 15) is 4.79 Å². The molecule has 0 bridgehead atoms. The molecule has 0 fully saturated rings. The standard InChI is InChI=1S/C20H22N6O2/c1-13(2)26-19(23-24-25-26)16-8-4-5-9-17(16)22-20(27)21-15-11-14-7-3-6-10-18(14)28-12-15/h3-10,13,15H,11-12H2,1-2H3,(H2,21,22,27)/t15-/m0/s1. The molecule has 1 aliphatic rings. The van der Waals surface area contributed by atoms with E-state index in [1.165, 1.54) is 0 Å². The largest absolute Gasteiger partial charge is 0.491 e. The molecule has 1 aromatic heterocycles. The van der Waals surface area contributed by atoms with Gasteiger partial charge in [-0.2, -0.15) is 0 Å². The molecule has 2 N–H and O–H groups in total. The number of urea groups is 1. The van der Waals surface area contributed by atoms with E-state index in [2.05, 4.69) is 26.2 Å². The third-order valence-electron chi connectivity index (χ3n) is 4.61. The molecule has 0 spiro atoms. The molecule has 3 aromatic rings. The van der Waals surface area contributed by atoms with E-state index in [1.54, 1.807) is 4.68 Å². The fourth-order valence-corrected chi connectivity index (χ4v) is 3.27. The van der Waals surface area contributed by atoms with Crippen LogP contribution in [0, 0.1) is 0 Å². The van der Waals surface area contributed by atoms with Gasteiger partial charge < -0.3 is 15.4 Å². The second-order valence-electron chi connectivity index (χ2n) is 7.00. The Morgan fingerprint density at radius 1 is 1.18 bits per heavy atom. The summed E-state index contributed by atoms with van der Waals surface area (Å²) >= 11 is 0. The Bertz CT molecular complexity index is 984. The number of benzene rings is 2. The van der Waals surface area contributed by atoms with Crippen molar-refractivity contribution in [2.75, 3.05) is 11.9 Å². The van der Waals surface area contributed by atoms with Gasteiger partial charge in [0.25, 0.3) is 0 Å². The van der Waals surface area contributed by atoms with Gasteiger partial charge in [0.1, 0.15) is 12.4 Å². The molecule has 0 saturated carbocycles. The number of hydrogen-bond acceptors (Lipinski definition) is 5. The van der Waals surface area contributed by atoms with Gasteiger partial charge in [0.2, 0.25) is 0 Å². The van der Waals surface area contributed by atoms with Crippen molar-refractivity contribution in [2.24, 2.45) is 0 Å². The van der Waals surface area contributed by atoms with Gasteiger partial charge in [-0.25, -0.2) is 9.48 Å². The number of amides is 2. The van der Waals surface area contributed by atoms with Crippen LogP contribution in [0.2, 0.25) is 0 Å². The predicted molar refractivity (Wildman–Crippen MR) is 105 cm³/mol. The van der Waals surface area contributed by atoms with E-state index in [1.807, 2.05) is 62.4 Å². The van der Waals surface area contributed by atoms with Crippen LogP contribution in [0.5, 0.6) is 5.75 Å². The molecule has 8 nitrogen and oxygen atoms in total. The summed E-state index contributed by atoms with van der Waals surface area (Å²) in [5, 5.41) is 17.8. The van der Waals surface area contributed by atoms with Crippen molar-refractivity contribution in [3.63, 3.8) is 0 Å². The lowest BCUT2D eigenvalue weighted by Crippen LogP contribution is -2.44. The minimum Gasteiger partial charge on any atom is -0.491 e. The number of nitrogens with one attached hydrogen (secondary N) is 2. The Labute approximate surface area is 162 Å². The molecule has 28 heavy (non-hydrogen) atoms. The number of tetrazole rings is 1. The number of carbonyl (C=O) groups excluding carboxylic acids is 1. The van der Waals surface area contributed by atoms with Crippen molar-refractivity contribution in [2.45, 2.75) is 32.4 Å². The Morgan fingerprint density at radius 3 is 2.82 bits per heavy atom. The van der Waals surface area contributed by atoms with Gasteiger partial charge in [-0.1, -0.05) is 30.3 Å². The normalized spacial score (nSPS) is 15.6. The summed E-state index contributed by atoms with van der Waals surface area (Å²) in [5.74, 6) is 1.49. The molecule has 144 valence electrons. The van der Waals surface area contributed by atoms with Gasteiger partial charge in [0.15, 0.2) is 5.82 Å². The first kappa shape index (κ1) is 18.0. The molecule has 0 aliphatic carbocycles. The first-order valence-corrected chi connectivity index (χ1v) is 9.27. The monoisotopic (exact) mass is 378 g/mol. The van der Waals surface area contributed by atoms with E-state index >= 15 is 0 Å². The second-order valence-corrected chi connectivity index (χ2v) is 7.00. The molecular formula is C20H22N6O2. The molecule has 0 saturated heterocycles. The smallest absolute Gasteiger partial charge is 0.319 e. The molecule has 1 atom stereocenters. The van der Waals surface area contributed by atoms with Crippen LogP contribution in [0.3, 0.4) is 0 Å². The maximum atomic E-state index is 12.6. The average molecular weight is 378 g/mol. The van der Waals surface area contributed by atoms with Crippen molar-refractivity contribution < 1.29 is 9.53 Å². The number of fused-ring (bicyclic) bond motifs is 1. The number of aromatic nitrogens is 4. The lowest BCUT2D eigenvalue weighted by atomic mass is 10.0. The van der Waals surface area contributed by atoms with Gasteiger partial charge in [-0.15, -0.1) is 5.10 Å². The number of hydrogen-bond donors (Lipinski definition) is 2. The summed E-state index contributed by atoms with van der Waals surface area (Å²) in [6.07, 6.45) is 0.733. The summed E-state index contributed by atoms with van der Waals surface area (Å²) < 4.78 is 7.47.